The van der Waals surface area contributed by atoms with E-state index in [4.69, 9.17) is 9.72 Å². The van der Waals surface area contributed by atoms with Crippen molar-refractivity contribution in [1.82, 2.24) is 14.8 Å². The second-order valence-electron chi connectivity index (χ2n) is 11.6. The number of likely N-dealkylation sites (tertiary alicyclic amines) is 1. The SMILES string of the molecule is C=CCN(CC)c1ccc(N(CC)CC=C)c(N2CCN(C(=O)C3CCCN3C(=O)C3(C(=O)OCC)CCCC3)CC2)n1. The smallest absolute Gasteiger partial charge is 0.321 e. The molecule has 236 valence electrons. The lowest BCUT2D eigenvalue weighted by Crippen LogP contribution is -2.57. The summed E-state index contributed by atoms with van der Waals surface area (Å²) in [6.07, 6.45) is 7.81. The van der Waals surface area contributed by atoms with Gasteiger partial charge in [0.2, 0.25) is 11.8 Å². The molecule has 2 amide bonds. The summed E-state index contributed by atoms with van der Waals surface area (Å²) in [4.78, 5) is 56.2. The molecule has 0 bridgehead atoms. The van der Waals surface area contributed by atoms with Gasteiger partial charge in [0.25, 0.3) is 0 Å². The predicted molar refractivity (Wildman–Crippen MR) is 171 cm³/mol. The van der Waals surface area contributed by atoms with E-state index in [0.29, 0.717) is 65.1 Å². The lowest BCUT2D eigenvalue weighted by Gasteiger charge is -2.40. The number of carbonyl (C=O) groups excluding carboxylic acids is 3. The molecule has 3 fully saturated rings. The first-order valence-corrected chi connectivity index (χ1v) is 16.1. The van der Waals surface area contributed by atoms with Crippen LogP contribution in [0.2, 0.25) is 0 Å². The summed E-state index contributed by atoms with van der Waals surface area (Å²) in [6.45, 7) is 20.0. The minimum absolute atomic E-state index is 0.0191. The second kappa shape index (κ2) is 14.8. The standard InChI is InChI=1S/C33H50N6O4/c1-6-19-35(8-3)26-15-16-28(36(9-4)20-7-2)34-29(26)37-22-24-38(25-23-37)30(40)27-14-13-21-39(27)31(41)33(17-11-12-18-33)32(42)43-10-5/h6-7,15-16,27H,1-2,8-14,17-25H2,3-5H3. The van der Waals surface area contributed by atoms with Gasteiger partial charge < -0.3 is 29.2 Å². The molecule has 10 nitrogen and oxygen atoms in total. The fourth-order valence-electron chi connectivity index (χ4n) is 6.82. The third-order valence-corrected chi connectivity index (χ3v) is 9.19. The Kier molecular flexibility index (Phi) is 11.1. The number of hydrogen-bond donors (Lipinski definition) is 0. The van der Waals surface area contributed by atoms with Crippen molar-refractivity contribution in [3.05, 3.63) is 37.4 Å². The van der Waals surface area contributed by atoms with Crippen LogP contribution in [0.4, 0.5) is 17.3 Å². The van der Waals surface area contributed by atoms with Crippen LogP contribution in [0.3, 0.4) is 0 Å². The highest BCUT2D eigenvalue weighted by Gasteiger charge is 2.53. The Hall–Kier alpha value is -3.56. The zero-order valence-electron chi connectivity index (χ0n) is 26.4. The van der Waals surface area contributed by atoms with Crippen molar-refractivity contribution >= 4 is 35.1 Å². The predicted octanol–water partition coefficient (Wildman–Crippen LogP) is 3.87. The van der Waals surface area contributed by atoms with Crippen LogP contribution in [0, 0.1) is 5.41 Å². The number of pyridine rings is 1. The first-order valence-electron chi connectivity index (χ1n) is 16.1. The molecule has 1 saturated carbocycles. The molecule has 1 unspecified atom stereocenters. The van der Waals surface area contributed by atoms with Crippen LogP contribution in [-0.4, -0.2) is 104 Å². The van der Waals surface area contributed by atoms with Gasteiger partial charge in [0, 0.05) is 58.9 Å². The molecule has 4 rings (SSSR count). The summed E-state index contributed by atoms with van der Waals surface area (Å²) < 4.78 is 5.36. The molecule has 3 heterocycles. The van der Waals surface area contributed by atoms with Gasteiger partial charge in [0.15, 0.2) is 5.82 Å². The molecule has 0 aromatic carbocycles. The average Bonchev–Trinajstić information content (AvgIpc) is 3.73. The van der Waals surface area contributed by atoms with Crippen molar-refractivity contribution in [2.75, 3.05) is 80.2 Å². The molecular weight excluding hydrogens is 544 g/mol. The van der Waals surface area contributed by atoms with Gasteiger partial charge >= 0.3 is 5.97 Å². The van der Waals surface area contributed by atoms with Gasteiger partial charge in [-0.15, -0.1) is 13.2 Å². The molecule has 0 spiro atoms. The van der Waals surface area contributed by atoms with E-state index >= 15 is 0 Å². The molecule has 2 aliphatic heterocycles. The molecule has 1 atom stereocenters. The maximum atomic E-state index is 13.9. The third kappa shape index (κ3) is 6.68. The van der Waals surface area contributed by atoms with Crippen molar-refractivity contribution in [3.8, 4) is 0 Å². The Labute approximate surface area is 257 Å². The number of anilines is 3. The number of esters is 1. The van der Waals surface area contributed by atoms with Crippen LogP contribution in [-0.2, 0) is 19.1 Å². The lowest BCUT2D eigenvalue weighted by atomic mass is 9.84. The highest BCUT2D eigenvalue weighted by molar-refractivity contribution is 6.04. The molecule has 0 radical (unpaired) electrons. The summed E-state index contributed by atoms with van der Waals surface area (Å²) in [5, 5.41) is 0. The van der Waals surface area contributed by atoms with Crippen LogP contribution in [0.1, 0.15) is 59.3 Å². The third-order valence-electron chi connectivity index (χ3n) is 9.19. The molecule has 10 heteroatoms. The van der Waals surface area contributed by atoms with Crippen molar-refractivity contribution in [1.29, 1.82) is 0 Å². The molecule has 1 aliphatic carbocycles. The van der Waals surface area contributed by atoms with Crippen LogP contribution >= 0.6 is 0 Å². The van der Waals surface area contributed by atoms with E-state index < -0.39 is 17.4 Å². The van der Waals surface area contributed by atoms with E-state index in [9.17, 15) is 14.4 Å². The number of ether oxygens (including phenoxy) is 1. The average molecular weight is 595 g/mol. The second-order valence-corrected chi connectivity index (χ2v) is 11.6. The van der Waals surface area contributed by atoms with E-state index in [2.05, 4.69) is 53.8 Å². The normalized spacial score (nSPS) is 19.7. The molecule has 2 saturated heterocycles. The van der Waals surface area contributed by atoms with E-state index in [0.717, 1.165) is 49.7 Å². The van der Waals surface area contributed by atoms with Gasteiger partial charge in [-0.3, -0.25) is 14.4 Å². The van der Waals surface area contributed by atoms with Gasteiger partial charge in [0.05, 0.1) is 12.3 Å². The summed E-state index contributed by atoms with van der Waals surface area (Å²) in [5.74, 6) is 1.14. The highest BCUT2D eigenvalue weighted by Crippen LogP contribution is 2.42. The molecule has 1 aromatic rings. The maximum Gasteiger partial charge on any atom is 0.321 e. The van der Waals surface area contributed by atoms with Gasteiger partial charge in [-0.05, 0) is 58.6 Å². The maximum absolute atomic E-state index is 13.9. The van der Waals surface area contributed by atoms with Crippen molar-refractivity contribution in [2.45, 2.75) is 65.3 Å². The van der Waals surface area contributed by atoms with E-state index in [1.54, 1.807) is 11.8 Å². The Balaban J connectivity index is 1.50. The molecular formula is C33H50N6O4. The number of piperazine rings is 1. The van der Waals surface area contributed by atoms with Gasteiger partial charge in [-0.2, -0.15) is 0 Å². The number of rotatable bonds is 13. The number of carbonyl (C=O) groups is 3. The van der Waals surface area contributed by atoms with E-state index in [1.807, 2.05) is 17.1 Å². The summed E-state index contributed by atoms with van der Waals surface area (Å²) >= 11 is 0. The van der Waals surface area contributed by atoms with E-state index in [-0.39, 0.29) is 18.4 Å². The minimum atomic E-state index is -1.14. The lowest BCUT2D eigenvalue weighted by molar-refractivity contribution is -0.167. The summed E-state index contributed by atoms with van der Waals surface area (Å²) in [5.41, 5.74) is -0.0897. The van der Waals surface area contributed by atoms with Gasteiger partial charge in [-0.1, -0.05) is 25.0 Å². The fourth-order valence-corrected chi connectivity index (χ4v) is 6.82. The van der Waals surface area contributed by atoms with Crippen LogP contribution < -0.4 is 14.7 Å². The largest absolute Gasteiger partial charge is 0.465 e. The number of aromatic nitrogens is 1. The number of likely N-dealkylation sites (N-methyl/N-ethyl adjacent to an activating group) is 2. The van der Waals surface area contributed by atoms with Crippen LogP contribution in [0.25, 0.3) is 0 Å². The Morgan fingerprint density at radius 2 is 1.60 bits per heavy atom. The monoisotopic (exact) mass is 594 g/mol. The summed E-state index contributed by atoms with van der Waals surface area (Å²) in [7, 11) is 0. The fraction of sp³-hybridized carbons (Fsp3) is 0.636. The zero-order valence-corrected chi connectivity index (χ0v) is 26.4. The van der Waals surface area contributed by atoms with Crippen molar-refractivity contribution in [2.24, 2.45) is 5.41 Å². The Morgan fingerprint density at radius 3 is 2.21 bits per heavy atom. The molecule has 1 aromatic heterocycles. The van der Waals surface area contributed by atoms with Crippen molar-refractivity contribution < 1.29 is 19.1 Å². The number of amides is 2. The number of hydrogen-bond acceptors (Lipinski definition) is 8. The van der Waals surface area contributed by atoms with Gasteiger partial charge in [0.1, 0.15) is 17.3 Å². The van der Waals surface area contributed by atoms with Gasteiger partial charge in [-0.25, -0.2) is 4.98 Å². The highest BCUT2D eigenvalue weighted by atomic mass is 16.5. The van der Waals surface area contributed by atoms with Crippen LogP contribution in [0.5, 0.6) is 0 Å². The van der Waals surface area contributed by atoms with Crippen LogP contribution in [0.15, 0.2) is 37.4 Å². The first-order chi connectivity index (χ1) is 20.8. The molecule has 43 heavy (non-hydrogen) atoms. The zero-order chi connectivity index (χ0) is 31.0. The molecule has 0 N–H and O–H groups in total. The molecule has 3 aliphatic rings. The Morgan fingerprint density at radius 1 is 0.953 bits per heavy atom. The first kappa shape index (κ1) is 32.4. The minimum Gasteiger partial charge on any atom is -0.465 e. The quantitative estimate of drug-likeness (QED) is 0.193. The topological polar surface area (TPSA) is 89.5 Å². The number of nitrogens with zero attached hydrogens (tertiary/aromatic N) is 6. The van der Waals surface area contributed by atoms with E-state index in [1.165, 1.54) is 0 Å². The van der Waals surface area contributed by atoms with Crippen molar-refractivity contribution in [3.63, 3.8) is 0 Å². The Bertz CT molecular complexity index is 1160. The summed E-state index contributed by atoms with van der Waals surface area (Å²) in [6, 6.07) is 3.68.